The highest BCUT2D eigenvalue weighted by Crippen LogP contribution is 2.46. The van der Waals surface area contributed by atoms with Crippen molar-refractivity contribution in [2.45, 2.75) is 64.6 Å². The molecular formula is C16H35N2O5P. The number of nitrogens with one attached hydrogen (secondary N) is 1. The lowest BCUT2D eigenvalue weighted by Crippen LogP contribution is -2.51. The van der Waals surface area contributed by atoms with Gasteiger partial charge < -0.3 is 24.7 Å². The molecule has 0 heterocycles. The lowest BCUT2D eigenvalue weighted by atomic mass is 10.1. The molecule has 0 aliphatic carbocycles. The average Bonchev–Trinajstić information content (AvgIpc) is 2.48. The molecular weight excluding hydrogens is 331 g/mol. The van der Waals surface area contributed by atoms with Gasteiger partial charge in [0, 0.05) is 13.1 Å². The molecule has 144 valence electrons. The summed E-state index contributed by atoms with van der Waals surface area (Å²) >= 11 is 0. The van der Waals surface area contributed by atoms with Crippen molar-refractivity contribution in [2.75, 3.05) is 33.3 Å². The molecule has 0 aliphatic rings. The van der Waals surface area contributed by atoms with E-state index in [-0.39, 0.29) is 18.2 Å². The van der Waals surface area contributed by atoms with E-state index in [2.05, 4.69) is 5.32 Å². The van der Waals surface area contributed by atoms with E-state index in [0.29, 0.717) is 19.5 Å². The third kappa shape index (κ3) is 9.74. The van der Waals surface area contributed by atoms with E-state index in [0.717, 1.165) is 25.8 Å². The van der Waals surface area contributed by atoms with Crippen molar-refractivity contribution < 1.29 is 23.9 Å². The zero-order valence-corrected chi connectivity index (χ0v) is 16.6. The highest BCUT2D eigenvalue weighted by atomic mass is 31.2. The van der Waals surface area contributed by atoms with Crippen LogP contribution in [0.3, 0.4) is 0 Å². The summed E-state index contributed by atoms with van der Waals surface area (Å²) in [5, 5.41) is 12.9. The zero-order chi connectivity index (χ0) is 18.8. The molecule has 0 aromatic heterocycles. The van der Waals surface area contributed by atoms with Crippen molar-refractivity contribution in [1.29, 1.82) is 0 Å². The van der Waals surface area contributed by atoms with Crippen LogP contribution in [0.15, 0.2) is 0 Å². The number of hydrogen-bond donors (Lipinski definition) is 3. The van der Waals surface area contributed by atoms with Gasteiger partial charge in [-0.25, -0.2) is 0 Å². The lowest BCUT2D eigenvalue weighted by molar-refractivity contribution is -0.139. The number of likely N-dealkylation sites (N-methyl/N-ethyl adjacent to an activating group) is 1. The number of amides is 1. The number of rotatable bonds is 13. The van der Waals surface area contributed by atoms with E-state index >= 15 is 0 Å². The largest absolute Gasteiger partial charge is 0.379 e. The Labute approximate surface area is 146 Å². The van der Waals surface area contributed by atoms with Gasteiger partial charge in [-0.05, 0) is 33.4 Å². The Morgan fingerprint density at radius 1 is 1.29 bits per heavy atom. The van der Waals surface area contributed by atoms with Crippen LogP contribution in [0.4, 0.5) is 0 Å². The number of nitrogens with zero attached hydrogens (tertiary/aromatic N) is 1. The predicted octanol–water partition coefficient (Wildman–Crippen LogP) is 1.98. The van der Waals surface area contributed by atoms with Crippen LogP contribution in [0.2, 0.25) is 0 Å². The Bertz CT molecular complexity index is 415. The molecule has 2 unspecified atom stereocenters. The smallest absolute Gasteiger partial charge is 0.330 e. The van der Waals surface area contributed by atoms with Gasteiger partial charge in [0.1, 0.15) is 0 Å². The van der Waals surface area contributed by atoms with Gasteiger partial charge in [-0.3, -0.25) is 9.36 Å². The van der Waals surface area contributed by atoms with E-state index in [4.69, 9.17) is 4.52 Å². The third-order valence-corrected chi connectivity index (χ3v) is 5.75. The van der Waals surface area contributed by atoms with Gasteiger partial charge in [0.25, 0.3) is 5.91 Å². The van der Waals surface area contributed by atoms with Gasteiger partial charge in [-0.1, -0.05) is 33.6 Å². The highest BCUT2D eigenvalue weighted by Gasteiger charge is 2.30. The van der Waals surface area contributed by atoms with Crippen LogP contribution in [0.5, 0.6) is 0 Å². The summed E-state index contributed by atoms with van der Waals surface area (Å²) in [5.41, 5.74) is -1.77. The van der Waals surface area contributed by atoms with Crippen molar-refractivity contribution in [1.82, 2.24) is 10.2 Å². The van der Waals surface area contributed by atoms with Gasteiger partial charge in [-0.15, -0.1) is 0 Å². The van der Waals surface area contributed by atoms with Crippen LogP contribution < -0.4 is 5.32 Å². The second kappa shape index (κ2) is 11.2. The van der Waals surface area contributed by atoms with Gasteiger partial charge in [0.05, 0.1) is 12.3 Å². The Hall–Kier alpha value is -0.460. The molecule has 3 N–H and O–H groups in total. The third-order valence-electron chi connectivity index (χ3n) is 3.89. The average molecular weight is 366 g/mol. The van der Waals surface area contributed by atoms with Crippen LogP contribution >= 0.6 is 7.60 Å². The molecule has 2 atom stereocenters. The quantitative estimate of drug-likeness (QED) is 0.340. The fourth-order valence-electron chi connectivity index (χ4n) is 2.03. The second-order valence-corrected chi connectivity index (χ2v) is 9.18. The standard InChI is InChI=1S/C16H35N2O5P/c1-6-18(5)13-16(4,20)15(19)17-11-9-7-8-10-12-23-24(21,22)14(2)3/h14,20H,6-13H2,1-5H3,(H,17,19)(H,21,22). The number of carbonyl (C=O) groups is 1. The molecule has 7 nitrogen and oxygen atoms in total. The number of aliphatic hydroxyl groups is 1. The molecule has 0 aliphatic heterocycles. The summed E-state index contributed by atoms with van der Waals surface area (Å²) in [6, 6.07) is 0. The van der Waals surface area contributed by atoms with E-state index in [1.807, 2.05) is 18.9 Å². The van der Waals surface area contributed by atoms with Crippen LogP contribution in [0.25, 0.3) is 0 Å². The molecule has 0 bridgehead atoms. The van der Waals surface area contributed by atoms with E-state index in [1.54, 1.807) is 13.8 Å². The zero-order valence-electron chi connectivity index (χ0n) is 15.7. The Morgan fingerprint density at radius 2 is 1.88 bits per heavy atom. The Morgan fingerprint density at radius 3 is 2.42 bits per heavy atom. The van der Waals surface area contributed by atoms with Crippen molar-refractivity contribution in [3.63, 3.8) is 0 Å². The lowest BCUT2D eigenvalue weighted by Gasteiger charge is -2.27. The highest BCUT2D eigenvalue weighted by molar-refractivity contribution is 7.53. The van der Waals surface area contributed by atoms with Crippen LogP contribution in [-0.2, 0) is 13.9 Å². The van der Waals surface area contributed by atoms with E-state index in [9.17, 15) is 19.4 Å². The minimum Gasteiger partial charge on any atom is -0.379 e. The first kappa shape index (κ1) is 23.5. The molecule has 1 amide bonds. The van der Waals surface area contributed by atoms with Crippen molar-refractivity contribution in [3.05, 3.63) is 0 Å². The number of unbranched alkanes of at least 4 members (excludes halogenated alkanes) is 3. The minimum absolute atomic E-state index is 0.274. The minimum atomic E-state index is -3.46. The molecule has 0 spiro atoms. The maximum atomic E-state index is 12.0. The normalized spacial score (nSPS) is 16.9. The molecule has 0 rings (SSSR count). The first-order chi connectivity index (χ1) is 11.0. The van der Waals surface area contributed by atoms with E-state index < -0.39 is 13.2 Å². The summed E-state index contributed by atoms with van der Waals surface area (Å²) in [7, 11) is -1.61. The Balaban J connectivity index is 3.76. The van der Waals surface area contributed by atoms with Crippen LogP contribution in [0.1, 0.15) is 53.4 Å². The SMILES string of the molecule is CCN(C)CC(C)(O)C(=O)NCCCCCCOP(=O)(O)C(C)C. The van der Waals surface area contributed by atoms with Gasteiger partial charge in [-0.2, -0.15) is 0 Å². The van der Waals surface area contributed by atoms with Crippen LogP contribution in [0, 0.1) is 0 Å². The summed E-state index contributed by atoms with van der Waals surface area (Å²) < 4.78 is 16.6. The molecule has 0 aromatic carbocycles. The molecule has 8 heteroatoms. The topological polar surface area (TPSA) is 99.1 Å². The molecule has 0 saturated carbocycles. The maximum absolute atomic E-state index is 12.0. The maximum Gasteiger partial charge on any atom is 0.330 e. The fraction of sp³-hybridized carbons (Fsp3) is 0.938. The summed E-state index contributed by atoms with van der Waals surface area (Å²) in [6.45, 7) is 8.66. The van der Waals surface area contributed by atoms with Gasteiger partial charge in [0.15, 0.2) is 5.60 Å². The van der Waals surface area contributed by atoms with Crippen LogP contribution in [-0.4, -0.2) is 65.4 Å². The molecule has 0 fully saturated rings. The molecule has 24 heavy (non-hydrogen) atoms. The van der Waals surface area contributed by atoms with Gasteiger partial charge in [0.2, 0.25) is 0 Å². The van der Waals surface area contributed by atoms with E-state index in [1.165, 1.54) is 6.92 Å². The van der Waals surface area contributed by atoms with Crippen molar-refractivity contribution in [3.8, 4) is 0 Å². The summed E-state index contributed by atoms with van der Waals surface area (Å²) in [6.07, 6.45) is 3.26. The summed E-state index contributed by atoms with van der Waals surface area (Å²) in [5.74, 6) is -0.357. The second-order valence-electron chi connectivity index (χ2n) is 6.77. The summed E-state index contributed by atoms with van der Waals surface area (Å²) in [4.78, 5) is 23.4. The van der Waals surface area contributed by atoms with Crippen molar-refractivity contribution in [2.24, 2.45) is 0 Å². The van der Waals surface area contributed by atoms with Crippen molar-refractivity contribution >= 4 is 13.5 Å². The molecule has 0 saturated heterocycles. The first-order valence-corrected chi connectivity index (χ1v) is 10.3. The number of hydrogen-bond acceptors (Lipinski definition) is 5. The fourth-order valence-corrected chi connectivity index (χ4v) is 2.72. The molecule has 0 aromatic rings. The Kier molecular flexibility index (Phi) is 11.0. The number of carbonyl (C=O) groups excluding carboxylic acids is 1. The monoisotopic (exact) mass is 366 g/mol. The first-order valence-electron chi connectivity index (χ1n) is 8.69. The molecule has 0 radical (unpaired) electrons. The predicted molar refractivity (Wildman–Crippen MR) is 96.2 cm³/mol. The van der Waals surface area contributed by atoms with Gasteiger partial charge >= 0.3 is 7.60 Å².